The molecule has 1 aromatic carbocycles. The van der Waals surface area contributed by atoms with Gasteiger partial charge in [0.2, 0.25) is 0 Å². The SMILES string of the molecule is CC(C)(C)OC(=O)N1CCC(Nc2cc(C(=O)O)ccc2C(N)=O)C1. The molecule has 0 aromatic heterocycles. The van der Waals surface area contributed by atoms with Gasteiger partial charge >= 0.3 is 12.1 Å². The van der Waals surface area contributed by atoms with Crippen LogP contribution in [0.25, 0.3) is 0 Å². The Morgan fingerprint density at radius 3 is 2.56 bits per heavy atom. The first-order valence-electron chi connectivity index (χ1n) is 7.98. The first kappa shape index (κ1) is 18.6. The van der Waals surface area contributed by atoms with Crippen LogP contribution in [-0.2, 0) is 4.74 Å². The molecule has 1 aromatic rings. The van der Waals surface area contributed by atoms with Crippen LogP contribution in [0.1, 0.15) is 47.9 Å². The van der Waals surface area contributed by atoms with Gasteiger partial charge in [-0.2, -0.15) is 0 Å². The highest BCUT2D eigenvalue weighted by Crippen LogP contribution is 2.23. The van der Waals surface area contributed by atoms with Gasteiger partial charge in [0.15, 0.2) is 0 Å². The second-order valence-electron chi connectivity index (χ2n) is 6.99. The highest BCUT2D eigenvalue weighted by Gasteiger charge is 2.30. The Kier molecular flexibility index (Phi) is 5.20. The van der Waals surface area contributed by atoms with Gasteiger partial charge in [-0.15, -0.1) is 0 Å². The van der Waals surface area contributed by atoms with Crippen molar-refractivity contribution in [2.45, 2.75) is 38.8 Å². The number of amides is 2. The van der Waals surface area contributed by atoms with Crippen LogP contribution in [0, 0.1) is 0 Å². The number of rotatable bonds is 4. The van der Waals surface area contributed by atoms with Gasteiger partial charge < -0.3 is 25.8 Å². The van der Waals surface area contributed by atoms with Crippen LogP contribution in [0.15, 0.2) is 18.2 Å². The molecule has 0 bridgehead atoms. The number of carboxylic acid groups (broad SMARTS) is 1. The topological polar surface area (TPSA) is 122 Å². The number of hydrogen-bond donors (Lipinski definition) is 3. The van der Waals surface area contributed by atoms with Crippen molar-refractivity contribution < 1.29 is 24.2 Å². The Morgan fingerprint density at radius 2 is 2.00 bits per heavy atom. The number of nitrogens with zero attached hydrogens (tertiary/aromatic N) is 1. The van der Waals surface area contributed by atoms with Crippen LogP contribution < -0.4 is 11.1 Å². The molecule has 1 heterocycles. The minimum absolute atomic E-state index is 0.0505. The fraction of sp³-hybridized carbons (Fsp3) is 0.471. The summed E-state index contributed by atoms with van der Waals surface area (Å²) in [6.07, 6.45) is 0.251. The second-order valence-corrected chi connectivity index (χ2v) is 6.99. The molecule has 1 saturated heterocycles. The molecule has 4 N–H and O–H groups in total. The molecule has 1 aliphatic heterocycles. The quantitative estimate of drug-likeness (QED) is 0.763. The predicted molar refractivity (Wildman–Crippen MR) is 91.8 cm³/mol. The van der Waals surface area contributed by atoms with E-state index in [0.717, 1.165) is 0 Å². The summed E-state index contributed by atoms with van der Waals surface area (Å²) in [7, 11) is 0. The first-order chi connectivity index (χ1) is 11.6. The highest BCUT2D eigenvalue weighted by atomic mass is 16.6. The third-order valence-corrected chi connectivity index (χ3v) is 3.73. The Labute approximate surface area is 145 Å². The van der Waals surface area contributed by atoms with Crippen molar-refractivity contribution in [2.75, 3.05) is 18.4 Å². The number of nitrogens with two attached hydrogens (primary N) is 1. The molecule has 0 aliphatic carbocycles. The Bertz CT molecular complexity index is 696. The first-order valence-corrected chi connectivity index (χ1v) is 7.98. The van der Waals surface area contributed by atoms with Gasteiger partial charge in [0.1, 0.15) is 5.60 Å². The third-order valence-electron chi connectivity index (χ3n) is 3.73. The van der Waals surface area contributed by atoms with Gasteiger partial charge in [-0.05, 0) is 45.4 Å². The maximum atomic E-state index is 12.1. The van der Waals surface area contributed by atoms with Crippen LogP contribution in [0.2, 0.25) is 0 Å². The smallest absolute Gasteiger partial charge is 0.410 e. The summed E-state index contributed by atoms with van der Waals surface area (Å²) < 4.78 is 5.34. The van der Waals surface area contributed by atoms with Crippen molar-refractivity contribution in [1.29, 1.82) is 0 Å². The lowest BCUT2D eigenvalue weighted by molar-refractivity contribution is 0.0293. The van der Waals surface area contributed by atoms with Crippen molar-refractivity contribution in [3.63, 3.8) is 0 Å². The molecule has 1 unspecified atom stereocenters. The van der Waals surface area contributed by atoms with Crippen molar-refractivity contribution in [3.05, 3.63) is 29.3 Å². The summed E-state index contributed by atoms with van der Waals surface area (Å²) in [5.74, 6) is -1.75. The van der Waals surface area contributed by atoms with Crippen molar-refractivity contribution in [1.82, 2.24) is 4.90 Å². The Balaban J connectivity index is 2.10. The molecule has 0 spiro atoms. The van der Waals surface area contributed by atoms with Gasteiger partial charge in [0.25, 0.3) is 5.91 Å². The molecule has 25 heavy (non-hydrogen) atoms. The number of carboxylic acids is 1. The molecule has 0 radical (unpaired) electrons. The van der Waals surface area contributed by atoms with Gasteiger partial charge in [-0.25, -0.2) is 9.59 Å². The molecule has 8 heteroatoms. The molecule has 1 atom stereocenters. The fourth-order valence-corrected chi connectivity index (χ4v) is 2.60. The van der Waals surface area contributed by atoms with Crippen LogP contribution in [-0.4, -0.2) is 52.7 Å². The van der Waals surface area contributed by atoms with Crippen molar-refractivity contribution >= 4 is 23.7 Å². The normalized spacial score (nSPS) is 17.2. The van der Waals surface area contributed by atoms with E-state index in [2.05, 4.69) is 5.32 Å². The van der Waals surface area contributed by atoms with Gasteiger partial charge in [-0.3, -0.25) is 4.79 Å². The molecule has 136 valence electrons. The summed E-state index contributed by atoms with van der Waals surface area (Å²) in [5, 5.41) is 12.2. The van der Waals surface area contributed by atoms with E-state index in [0.29, 0.717) is 25.2 Å². The number of likely N-dealkylation sites (tertiary alicyclic amines) is 1. The lowest BCUT2D eigenvalue weighted by atomic mass is 10.1. The zero-order valence-corrected chi connectivity index (χ0v) is 14.5. The number of ether oxygens (including phenoxy) is 1. The predicted octanol–water partition coefficient (Wildman–Crippen LogP) is 1.91. The minimum Gasteiger partial charge on any atom is -0.478 e. The Hall–Kier alpha value is -2.77. The molecule has 1 fully saturated rings. The number of anilines is 1. The second kappa shape index (κ2) is 7.00. The number of primary amides is 1. The highest BCUT2D eigenvalue weighted by molar-refractivity contribution is 6.00. The summed E-state index contributed by atoms with van der Waals surface area (Å²) in [5.41, 5.74) is 5.39. The van der Waals surface area contributed by atoms with Crippen LogP contribution in [0.5, 0.6) is 0 Å². The van der Waals surface area contributed by atoms with E-state index < -0.39 is 23.6 Å². The fourth-order valence-electron chi connectivity index (χ4n) is 2.60. The maximum Gasteiger partial charge on any atom is 0.410 e. The van der Waals surface area contributed by atoms with Crippen molar-refractivity contribution in [3.8, 4) is 0 Å². The number of hydrogen-bond acceptors (Lipinski definition) is 5. The number of aromatic carboxylic acids is 1. The molecular weight excluding hydrogens is 326 g/mol. The van der Waals surface area contributed by atoms with Gasteiger partial charge in [-0.1, -0.05) is 0 Å². The number of benzene rings is 1. The third kappa shape index (κ3) is 4.85. The van der Waals surface area contributed by atoms with E-state index >= 15 is 0 Å². The zero-order chi connectivity index (χ0) is 18.8. The van der Waals surface area contributed by atoms with Crippen LogP contribution in [0.3, 0.4) is 0 Å². The molecule has 1 aliphatic rings. The van der Waals surface area contributed by atoms with E-state index in [1.54, 1.807) is 25.7 Å². The standard InChI is InChI=1S/C17H23N3O5/c1-17(2,3)25-16(24)20-7-6-11(9-20)19-13-8-10(15(22)23)4-5-12(13)14(18)21/h4-5,8,11,19H,6-7,9H2,1-3H3,(H2,18,21)(H,22,23). The van der Waals surface area contributed by atoms with E-state index in [9.17, 15) is 14.4 Å². The van der Waals surface area contributed by atoms with E-state index in [1.807, 2.05) is 0 Å². The molecule has 8 nitrogen and oxygen atoms in total. The lowest BCUT2D eigenvalue weighted by Crippen LogP contribution is -2.36. The van der Waals surface area contributed by atoms with Crippen LogP contribution >= 0.6 is 0 Å². The largest absolute Gasteiger partial charge is 0.478 e. The van der Waals surface area contributed by atoms with E-state index in [-0.39, 0.29) is 17.2 Å². The average molecular weight is 349 g/mol. The Morgan fingerprint density at radius 1 is 1.32 bits per heavy atom. The molecular formula is C17H23N3O5. The summed E-state index contributed by atoms with van der Waals surface area (Å²) >= 11 is 0. The lowest BCUT2D eigenvalue weighted by Gasteiger charge is -2.24. The monoisotopic (exact) mass is 349 g/mol. The zero-order valence-electron chi connectivity index (χ0n) is 14.5. The molecule has 2 amide bonds. The summed E-state index contributed by atoms with van der Waals surface area (Å²) in [6, 6.07) is 3.96. The number of carbonyl (C=O) groups excluding carboxylic acids is 2. The molecule has 0 saturated carbocycles. The minimum atomic E-state index is -1.10. The summed E-state index contributed by atoms with van der Waals surface area (Å²) in [6.45, 7) is 6.30. The van der Waals surface area contributed by atoms with E-state index in [4.69, 9.17) is 15.6 Å². The summed E-state index contributed by atoms with van der Waals surface area (Å²) in [4.78, 5) is 36.4. The van der Waals surface area contributed by atoms with Gasteiger partial charge in [0, 0.05) is 24.8 Å². The van der Waals surface area contributed by atoms with E-state index in [1.165, 1.54) is 18.2 Å². The molecule has 2 rings (SSSR count). The number of carbonyl (C=O) groups is 3. The van der Waals surface area contributed by atoms with Crippen molar-refractivity contribution in [2.24, 2.45) is 5.73 Å². The number of nitrogens with one attached hydrogen (secondary N) is 1. The maximum absolute atomic E-state index is 12.1. The van der Waals surface area contributed by atoms with Gasteiger partial charge in [0.05, 0.1) is 11.1 Å². The average Bonchev–Trinajstić information content (AvgIpc) is 2.93. The van der Waals surface area contributed by atoms with Crippen LogP contribution in [0.4, 0.5) is 10.5 Å².